The summed E-state index contributed by atoms with van der Waals surface area (Å²) in [5, 5.41) is 6.35. The highest BCUT2D eigenvalue weighted by molar-refractivity contribution is 6.30. The second kappa shape index (κ2) is 8.43. The smallest absolute Gasteiger partial charge is 0.287 e. The van der Waals surface area contributed by atoms with Crippen LogP contribution >= 0.6 is 11.6 Å². The van der Waals surface area contributed by atoms with Crippen LogP contribution in [0, 0.1) is 18.7 Å². The normalized spacial score (nSPS) is 22.8. The predicted octanol–water partition coefficient (Wildman–Crippen LogP) is 3.74. The van der Waals surface area contributed by atoms with Crippen molar-refractivity contribution in [3.63, 3.8) is 0 Å². The monoisotopic (exact) mass is 484 g/mol. The molecule has 1 atom stereocenters. The van der Waals surface area contributed by atoms with Crippen LogP contribution in [0.2, 0.25) is 5.02 Å². The zero-order valence-electron chi connectivity index (χ0n) is 18.3. The molecular formula is C25H22ClFN2O5. The van der Waals surface area contributed by atoms with Gasteiger partial charge in [-0.15, -0.1) is 0 Å². The van der Waals surface area contributed by atoms with Gasteiger partial charge in [-0.3, -0.25) is 14.4 Å². The molecule has 0 radical (unpaired) electrons. The topological polar surface area (TPSA) is 97.6 Å². The molecule has 1 unspecified atom stereocenters. The molecule has 2 aromatic carbocycles. The molecule has 2 N–H and O–H groups in total. The van der Waals surface area contributed by atoms with E-state index in [-0.39, 0.29) is 46.4 Å². The Morgan fingerprint density at radius 1 is 1.18 bits per heavy atom. The molecule has 0 aliphatic heterocycles. The summed E-state index contributed by atoms with van der Waals surface area (Å²) in [7, 11) is 0. The summed E-state index contributed by atoms with van der Waals surface area (Å²) in [6, 6.07) is 10.3. The second-order valence-corrected chi connectivity index (χ2v) is 9.53. The van der Waals surface area contributed by atoms with Crippen molar-refractivity contribution in [3.05, 3.63) is 74.9 Å². The third kappa shape index (κ3) is 4.25. The Morgan fingerprint density at radius 3 is 2.74 bits per heavy atom. The lowest BCUT2D eigenvalue weighted by molar-refractivity contribution is -0.125. The summed E-state index contributed by atoms with van der Waals surface area (Å²) in [4.78, 5) is 37.6. The average Bonchev–Trinajstić information content (AvgIpc) is 3.27. The molecule has 1 heterocycles. The lowest BCUT2D eigenvalue weighted by Gasteiger charge is -2.39. The van der Waals surface area contributed by atoms with Crippen molar-refractivity contribution in [2.24, 2.45) is 5.92 Å². The Hall–Kier alpha value is -3.39. The molecule has 6 rings (SSSR count). The first-order valence-electron chi connectivity index (χ1n) is 11.0. The van der Waals surface area contributed by atoms with Crippen LogP contribution in [-0.2, 0) is 4.79 Å². The molecule has 7 nitrogen and oxygen atoms in total. The molecule has 176 valence electrons. The van der Waals surface area contributed by atoms with Gasteiger partial charge in [-0.25, -0.2) is 4.39 Å². The van der Waals surface area contributed by atoms with E-state index < -0.39 is 17.3 Å². The summed E-state index contributed by atoms with van der Waals surface area (Å²) in [5.41, 5.74) is 0.618. The van der Waals surface area contributed by atoms with Crippen LogP contribution in [-0.4, -0.2) is 30.0 Å². The van der Waals surface area contributed by atoms with E-state index in [1.807, 2.05) is 13.0 Å². The third-order valence-electron chi connectivity index (χ3n) is 6.58. The van der Waals surface area contributed by atoms with Gasteiger partial charge in [-0.1, -0.05) is 17.7 Å². The number of rotatable bonds is 6. The van der Waals surface area contributed by atoms with E-state index in [1.165, 1.54) is 18.2 Å². The predicted molar refractivity (Wildman–Crippen MR) is 124 cm³/mol. The number of halogens is 2. The summed E-state index contributed by atoms with van der Waals surface area (Å²) < 4.78 is 24.6. The highest BCUT2D eigenvalue weighted by Crippen LogP contribution is 2.52. The Bertz CT molecular complexity index is 1370. The number of hydrogen-bond donors (Lipinski definition) is 2. The van der Waals surface area contributed by atoms with Gasteiger partial charge in [-0.05, 0) is 61.9 Å². The van der Waals surface area contributed by atoms with Crippen LogP contribution in [0.5, 0.6) is 5.75 Å². The first-order valence-corrected chi connectivity index (χ1v) is 11.3. The number of aryl methyl sites for hydroxylation is 1. The molecule has 9 heteroatoms. The van der Waals surface area contributed by atoms with Gasteiger partial charge in [-0.2, -0.15) is 0 Å². The Morgan fingerprint density at radius 2 is 1.97 bits per heavy atom. The van der Waals surface area contributed by atoms with Crippen LogP contribution in [0.25, 0.3) is 11.0 Å². The highest BCUT2D eigenvalue weighted by Gasteiger charge is 2.57. The van der Waals surface area contributed by atoms with Gasteiger partial charge in [0.2, 0.25) is 0 Å². The maximum atomic E-state index is 13.5. The molecule has 0 spiro atoms. The zero-order chi connectivity index (χ0) is 24.0. The minimum absolute atomic E-state index is 0.0201. The van der Waals surface area contributed by atoms with Crippen molar-refractivity contribution in [1.82, 2.24) is 10.6 Å². The number of amides is 2. The Balaban J connectivity index is 1.18. The van der Waals surface area contributed by atoms with Gasteiger partial charge in [0.15, 0.2) is 17.8 Å². The number of nitrogens with one attached hydrogen (secondary N) is 2. The van der Waals surface area contributed by atoms with Crippen LogP contribution in [0.15, 0.2) is 51.7 Å². The first-order chi connectivity index (χ1) is 16.2. The molecule has 0 saturated heterocycles. The number of ether oxygens (including phenoxy) is 1. The maximum Gasteiger partial charge on any atom is 0.287 e. The lowest BCUT2D eigenvalue weighted by atomic mass is 9.76. The van der Waals surface area contributed by atoms with Crippen LogP contribution in [0.4, 0.5) is 4.39 Å². The quantitative estimate of drug-likeness (QED) is 0.555. The van der Waals surface area contributed by atoms with Gasteiger partial charge in [0.05, 0.1) is 10.4 Å². The summed E-state index contributed by atoms with van der Waals surface area (Å²) >= 11 is 5.65. The van der Waals surface area contributed by atoms with E-state index in [0.29, 0.717) is 17.4 Å². The summed E-state index contributed by atoms with van der Waals surface area (Å²) in [6.45, 7) is 1.62. The van der Waals surface area contributed by atoms with E-state index in [9.17, 15) is 18.8 Å². The van der Waals surface area contributed by atoms with Gasteiger partial charge < -0.3 is 19.8 Å². The van der Waals surface area contributed by atoms with Crippen molar-refractivity contribution in [2.45, 2.75) is 37.8 Å². The summed E-state index contributed by atoms with van der Waals surface area (Å²) in [5.74, 6) is -0.987. The number of hydrogen-bond acceptors (Lipinski definition) is 5. The van der Waals surface area contributed by atoms with E-state index in [2.05, 4.69) is 10.6 Å². The zero-order valence-corrected chi connectivity index (χ0v) is 19.1. The number of fused-ring (bicyclic) bond motifs is 2. The van der Waals surface area contributed by atoms with Crippen molar-refractivity contribution in [1.29, 1.82) is 0 Å². The van der Waals surface area contributed by atoms with Crippen LogP contribution in [0.1, 0.15) is 35.4 Å². The largest absolute Gasteiger partial charge is 0.484 e. The van der Waals surface area contributed by atoms with E-state index in [0.717, 1.165) is 24.5 Å². The SMILES string of the molecule is Cc1ccc2c(=O)cc(C(=O)NC3CC4(NC(=O)COc5ccc(Cl)c(F)c5)CC3C4)oc2c1. The van der Waals surface area contributed by atoms with Gasteiger partial charge in [0, 0.05) is 23.7 Å². The summed E-state index contributed by atoms with van der Waals surface area (Å²) in [6.07, 6.45) is 2.04. The fraction of sp³-hybridized carbons (Fsp3) is 0.320. The molecule has 3 aromatic rings. The third-order valence-corrected chi connectivity index (χ3v) is 6.88. The average molecular weight is 485 g/mol. The lowest BCUT2D eigenvalue weighted by Crippen LogP contribution is -2.53. The molecule has 3 aliphatic rings. The minimum Gasteiger partial charge on any atom is -0.484 e. The van der Waals surface area contributed by atoms with Crippen molar-refractivity contribution >= 4 is 34.4 Å². The van der Waals surface area contributed by atoms with Gasteiger partial charge in [0.25, 0.3) is 11.8 Å². The van der Waals surface area contributed by atoms with E-state index in [1.54, 1.807) is 12.1 Å². The molecule has 2 bridgehead atoms. The Kier molecular flexibility index (Phi) is 5.56. The number of carbonyl (C=O) groups excluding carboxylic acids is 2. The van der Waals surface area contributed by atoms with Crippen molar-refractivity contribution in [3.8, 4) is 5.75 Å². The first kappa shape index (κ1) is 22.4. The fourth-order valence-electron chi connectivity index (χ4n) is 4.97. The maximum absolute atomic E-state index is 13.5. The molecule has 1 aromatic heterocycles. The molecule has 3 saturated carbocycles. The fourth-order valence-corrected chi connectivity index (χ4v) is 5.08. The van der Waals surface area contributed by atoms with Crippen LogP contribution < -0.4 is 20.8 Å². The molecular weight excluding hydrogens is 463 g/mol. The molecule has 34 heavy (non-hydrogen) atoms. The minimum atomic E-state index is -0.619. The van der Waals surface area contributed by atoms with Crippen molar-refractivity contribution < 1.29 is 23.1 Å². The van der Waals surface area contributed by atoms with Gasteiger partial charge in [0.1, 0.15) is 17.1 Å². The number of benzene rings is 2. The van der Waals surface area contributed by atoms with Gasteiger partial charge >= 0.3 is 0 Å². The highest BCUT2D eigenvalue weighted by atomic mass is 35.5. The Labute approximate surface area is 199 Å². The van der Waals surface area contributed by atoms with Crippen molar-refractivity contribution in [2.75, 3.05) is 6.61 Å². The molecule has 3 fully saturated rings. The molecule has 2 amide bonds. The second-order valence-electron chi connectivity index (χ2n) is 9.12. The standard InChI is InChI=1S/C25H22ClFN2O5/c1-13-2-4-16-20(30)8-22(34-21(16)6-13)24(32)28-19-11-25(9-14(19)10-25)29-23(31)12-33-15-3-5-17(26)18(27)7-15/h2-8,14,19H,9-12H2,1H3,(H,28,32)(H,29,31). The molecule has 3 aliphatic carbocycles. The van der Waals surface area contributed by atoms with E-state index >= 15 is 0 Å². The van der Waals surface area contributed by atoms with Crippen LogP contribution in [0.3, 0.4) is 0 Å². The van der Waals surface area contributed by atoms with E-state index in [4.69, 9.17) is 20.8 Å². The number of carbonyl (C=O) groups is 2.